The van der Waals surface area contributed by atoms with Gasteiger partial charge in [0.15, 0.2) is 0 Å². The van der Waals surface area contributed by atoms with Crippen molar-refractivity contribution in [3.63, 3.8) is 0 Å². The summed E-state index contributed by atoms with van der Waals surface area (Å²) in [6, 6.07) is 72.6. The second-order valence-corrected chi connectivity index (χ2v) is 21.4. The first-order valence-electron chi connectivity index (χ1n) is 24.5. The number of pyridine rings is 1. The minimum atomic E-state index is -0.250. The van der Waals surface area contributed by atoms with Crippen LogP contribution in [-0.2, 0) is 16.2 Å². The third-order valence-electron chi connectivity index (χ3n) is 14.3. The van der Waals surface area contributed by atoms with E-state index in [1.54, 1.807) is 0 Å². The smallest absolute Gasteiger partial charge is 0.137 e. The summed E-state index contributed by atoms with van der Waals surface area (Å²) in [6.45, 7) is 18.9. The molecule has 0 unspecified atom stereocenters. The van der Waals surface area contributed by atoms with Crippen LogP contribution in [0.4, 0.5) is 22.7 Å². The molecule has 8 aromatic carbocycles. The number of hydrogen-bond acceptors (Lipinski definition) is 4. The van der Waals surface area contributed by atoms with Crippen LogP contribution in [0.1, 0.15) is 77.6 Å². The van der Waals surface area contributed by atoms with E-state index in [1.165, 1.54) is 38.8 Å². The number of fused-ring (bicyclic) bond motifs is 4. The maximum Gasteiger partial charge on any atom is 0.137 e. The van der Waals surface area contributed by atoms with Crippen molar-refractivity contribution < 1.29 is 4.74 Å². The molecule has 0 fully saturated rings. The monoisotopic (exact) mass is 912 g/mol. The molecule has 0 N–H and O–H groups in total. The predicted octanol–water partition coefficient (Wildman–Crippen LogP) is 17.5. The van der Waals surface area contributed by atoms with Gasteiger partial charge in [-0.15, -0.1) is 0 Å². The fourth-order valence-corrected chi connectivity index (χ4v) is 10.1. The Kier molecular flexibility index (Phi) is 11.0. The largest absolute Gasteiger partial charge is 0.457 e. The first-order chi connectivity index (χ1) is 33.7. The molecule has 0 spiro atoms. The molecule has 10 aromatic rings. The highest BCUT2D eigenvalue weighted by Crippen LogP contribution is 2.49. The van der Waals surface area contributed by atoms with Gasteiger partial charge in [0.05, 0.1) is 22.4 Å². The van der Waals surface area contributed by atoms with Crippen molar-refractivity contribution >= 4 is 44.6 Å². The molecule has 0 saturated heterocycles. The van der Waals surface area contributed by atoms with Crippen molar-refractivity contribution in [3.8, 4) is 39.6 Å². The van der Waals surface area contributed by atoms with E-state index < -0.39 is 0 Å². The zero-order chi connectivity index (χ0) is 48.4. The van der Waals surface area contributed by atoms with E-state index in [1.807, 2.05) is 6.20 Å². The van der Waals surface area contributed by atoms with Crippen LogP contribution in [0.3, 0.4) is 0 Å². The van der Waals surface area contributed by atoms with Crippen LogP contribution in [0.5, 0.6) is 11.5 Å². The van der Waals surface area contributed by atoms with E-state index in [-0.39, 0.29) is 16.2 Å². The van der Waals surface area contributed by atoms with Gasteiger partial charge in [-0.1, -0.05) is 177 Å². The summed E-state index contributed by atoms with van der Waals surface area (Å²) in [5, 5.41) is 2.33. The second kappa shape index (κ2) is 17.3. The van der Waals surface area contributed by atoms with Gasteiger partial charge in [-0.25, -0.2) is 4.98 Å². The first kappa shape index (κ1) is 44.6. The van der Waals surface area contributed by atoms with Crippen LogP contribution in [0.25, 0.3) is 49.9 Å². The molecule has 0 aliphatic carbocycles. The van der Waals surface area contributed by atoms with Crippen molar-refractivity contribution in [2.75, 3.05) is 16.5 Å². The molecule has 1 aliphatic heterocycles. The summed E-state index contributed by atoms with van der Waals surface area (Å²) in [4.78, 5) is 9.90. The fourth-order valence-electron chi connectivity index (χ4n) is 10.1. The molecule has 0 bridgehead atoms. The summed E-state index contributed by atoms with van der Waals surface area (Å²) in [5.74, 6) is 2.40. The lowest BCUT2D eigenvalue weighted by atomic mass is 9.77. The zero-order valence-corrected chi connectivity index (χ0v) is 41.5. The summed E-state index contributed by atoms with van der Waals surface area (Å²) in [7, 11) is 0. The molecule has 3 heterocycles. The molecule has 11 rings (SSSR count). The SMILES string of the molecule is CC(C)(C)c1ccnc(-n2c3ccccc3c3ccc(Oc4cc(-c5ccccc5)cc(N5CN(c6cc(-c7ccccc7)cc(C(C)(C)c7ccccc7)c6)c6ccc(C(C)(C)C)cc65)c4)cc32)c1. The van der Waals surface area contributed by atoms with Gasteiger partial charge in [-0.2, -0.15) is 0 Å². The number of para-hydroxylation sites is 1. The lowest BCUT2D eigenvalue weighted by molar-refractivity contribution is 0.483. The highest BCUT2D eigenvalue weighted by molar-refractivity contribution is 6.09. The van der Waals surface area contributed by atoms with Crippen LogP contribution in [-0.4, -0.2) is 16.2 Å². The number of nitrogens with zero attached hydrogens (tertiary/aromatic N) is 4. The molecule has 0 amide bonds. The molecular formula is C65H60N4O. The van der Waals surface area contributed by atoms with Crippen molar-refractivity contribution in [1.82, 2.24) is 9.55 Å². The Morgan fingerprint density at radius 1 is 0.400 bits per heavy atom. The highest BCUT2D eigenvalue weighted by atomic mass is 16.5. The van der Waals surface area contributed by atoms with Crippen molar-refractivity contribution in [1.29, 1.82) is 0 Å². The quantitative estimate of drug-likeness (QED) is 0.144. The summed E-state index contributed by atoms with van der Waals surface area (Å²) < 4.78 is 9.36. The Labute approximate surface area is 413 Å². The molecule has 2 aromatic heterocycles. The highest BCUT2D eigenvalue weighted by Gasteiger charge is 2.33. The standard InChI is InChI=1S/C65H60N4O/c1-63(2,3)49-28-31-59-61(39-49)68(43-67(59)52-35-46(44-20-12-9-13-21-44)34-51(38-52)65(7,8)48-24-16-11-17-25-48)53-36-47(45-22-14-10-15-23-45)37-55(41-53)70-54-29-30-57-56-26-18-19-27-58(56)69(60(57)42-54)62-40-50(32-33-66-62)64(4,5)6/h9-42H,43H2,1-8H3. The maximum absolute atomic E-state index is 7.08. The maximum atomic E-state index is 7.08. The van der Waals surface area contributed by atoms with Gasteiger partial charge in [-0.05, 0) is 122 Å². The van der Waals surface area contributed by atoms with Crippen LogP contribution in [0.2, 0.25) is 0 Å². The summed E-state index contributed by atoms with van der Waals surface area (Å²) in [5.41, 5.74) is 16.0. The topological polar surface area (TPSA) is 33.5 Å². The molecule has 0 radical (unpaired) electrons. The first-order valence-corrected chi connectivity index (χ1v) is 24.5. The number of anilines is 4. The molecular weight excluding hydrogens is 853 g/mol. The molecule has 70 heavy (non-hydrogen) atoms. The van der Waals surface area contributed by atoms with Crippen LogP contribution in [0.15, 0.2) is 206 Å². The van der Waals surface area contributed by atoms with Gasteiger partial charge in [0.1, 0.15) is 24.0 Å². The molecule has 0 atom stereocenters. The molecule has 346 valence electrons. The number of aromatic nitrogens is 2. The molecule has 5 heteroatoms. The van der Waals surface area contributed by atoms with E-state index >= 15 is 0 Å². The summed E-state index contributed by atoms with van der Waals surface area (Å²) in [6.07, 6.45) is 1.93. The second-order valence-electron chi connectivity index (χ2n) is 21.4. The number of benzene rings is 8. The Morgan fingerprint density at radius 2 is 0.986 bits per heavy atom. The van der Waals surface area contributed by atoms with Crippen LogP contribution in [0, 0.1) is 0 Å². The van der Waals surface area contributed by atoms with Crippen molar-refractivity contribution in [2.45, 2.75) is 71.6 Å². The molecule has 0 saturated carbocycles. The third-order valence-corrected chi connectivity index (χ3v) is 14.3. The number of ether oxygens (including phenoxy) is 1. The Hall–Kier alpha value is -7.89. The molecule has 1 aliphatic rings. The number of rotatable bonds is 9. The van der Waals surface area contributed by atoms with Crippen LogP contribution >= 0.6 is 0 Å². The van der Waals surface area contributed by atoms with E-state index in [4.69, 9.17) is 9.72 Å². The van der Waals surface area contributed by atoms with Gasteiger partial charge < -0.3 is 14.5 Å². The lowest BCUT2D eigenvalue weighted by Gasteiger charge is -2.29. The normalized spacial score (nSPS) is 13.0. The van der Waals surface area contributed by atoms with Crippen molar-refractivity contribution in [2.24, 2.45) is 0 Å². The van der Waals surface area contributed by atoms with E-state index in [9.17, 15) is 0 Å². The third kappa shape index (κ3) is 8.30. The minimum absolute atomic E-state index is 0.0260. The van der Waals surface area contributed by atoms with Crippen molar-refractivity contribution in [3.05, 3.63) is 229 Å². The average molecular weight is 913 g/mol. The lowest BCUT2D eigenvalue weighted by Crippen LogP contribution is -2.25. The van der Waals surface area contributed by atoms with Gasteiger partial charge >= 0.3 is 0 Å². The minimum Gasteiger partial charge on any atom is -0.457 e. The molecule has 5 nitrogen and oxygen atoms in total. The van der Waals surface area contributed by atoms with E-state index in [2.05, 4.69) is 270 Å². The van der Waals surface area contributed by atoms with Gasteiger partial charge in [0.25, 0.3) is 0 Å². The number of hydrogen-bond donors (Lipinski definition) is 0. The van der Waals surface area contributed by atoms with Gasteiger partial charge in [0, 0.05) is 45.9 Å². The summed E-state index contributed by atoms with van der Waals surface area (Å²) >= 11 is 0. The predicted molar refractivity (Wildman–Crippen MR) is 294 cm³/mol. The Balaban J connectivity index is 1.05. The van der Waals surface area contributed by atoms with Crippen LogP contribution < -0.4 is 14.5 Å². The van der Waals surface area contributed by atoms with Gasteiger partial charge in [-0.3, -0.25) is 4.57 Å². The zero-order valence-electron chi connectivity index (χ0n) is 41.5. The fraction of sp³-hybridized carbons (Fsp3) is 0.185. The van der Waals surface area contributed by atoms with Gasteiger partial charge in [0.2, 0.25) is 0 Å². The Morgan fingerprint density at radius 3 is 1.67 bits per heavy atom. The average Bonchev–Trinajstić information content (AvgIpc) is 3.92. The van der Waals surface area contributed by atoms with E-state index in [0.717, 1.165) is 67.6 Å². The Bertz CT molecular complexity index is 3540. The van der Waals surface area contributed by atoms with E-state index in [0.29, 0.717) is 6.67 Å².